The highest BCUT2D eigenvalue weighted by Crippen LogP contribution is 2.34. The molecular weight excluding hydrogens is 252 g/mol. The number of hydrogen-bond acceptors (Lipinski definition) is 6. The minimum atomic E-state index is -1.24. The predicted molar refractivity (Wildman–Crippen MR) is 66.3 cm³/mol. The summed E-state index contributed by atoms with van der Waals surface area (Å²) in [6.07, 6.45) is 0.471. The Morgan fingerprint density at radius 1 is 1.63 bits per heavy atom. The van der Waals surface area contributed by atoms with E-state index in [9.17, 15) is 19.7 Å². The van der Waals surface area contributed by atoms with Crippen LogP contribution in [0.1, 0.15) is 30.7 Å². The first-order valence-corrected chi connectivity index (χ1v) is 5.64. The highest BCUT2D eigenvalue weighted by atomic mass is 16.6. The minimum absolute atomic E-state index is 0.0109. The van der Waals surface area contributed by atoms with Gasteiger partial charge in [-0.05, 0) is 6.92 Å². The number of aromatic nitrogens is 1. The van der Waals surface area contributed by atoms with Gasteiger partial charge in [-0.3, -0.25) is 14.9 Å². The van der Waals surface area contributed by atoms with Gasteiger partial charge in [0.05, 0.1) is 12.0 Å². The Kier molecular flexibility index (Phi) is 4.68. The molecule has 0 saturated carbocycles. The molecule has 7 heteroatoms. The van der Waals surface area contributed by atoms with E-state index in [0.717, 1.165) is 0 Å². The molecule has 0 aromatic carbocycles. The summed E-state index contributed by atoms with van der Waals surface area (Å²) in [5.74, 6) is -1.67. The quantitative estimate of drug-likeness (QED) is 0.335. The number of hydrogen-bond donors (Lipinski definition) is 0. The first-order chi connectivity index (χ1) is 8.96. The Morgan fingerprint density at radius 3 is 2.68 bits per heavy atom. The van der Waals surface area contributed by atoms with Gasteiger partial charge < -0.3 is 9.53 Å². The molecule has 7 nitrogen and oxygen atoms in total. The van der Waals surface area contributed by atoms with Crippen molar-refractivity contribution in [2.75, 3.05) is 7.11 Å². The Labute approximate surface area is 109 Å². The Morgan fingerprint density at radius 2 is 2.26 bits per heavy atom. The van der Waals surface area contributed by atoms with Gasteiger partial charge in [-0.2, -0.15) is 0 Å². The van der Waals surface area contributed by atoms with Gasteiger partial charge in [0, 0.05) is 18.2 Å². The molecule has 1 atom stereocenters. The molecule has 0 aliphatic carbocycles. The number of Topliss-reactive ketones (excluding diaryl/α,β-unsaturated/α-hetero) is 1. The van der Waals surface area contributed by atoms with Crippen molar-refractivity contribution in [2.24, 2.45) is 0 Å². The lowest BCUT2D eigenvalue weighted by molar-refractivity contribution is -0.386. The Balaban J connectivity index is 3.55. The van der Waals surface area contributed by atoms with E-state index < -0.39 is 22.3 Å². The summed E-state index contributed by atoms with van der Waals surface area (Å²) in [6, 6.07) is 1.39. The molecule has 1 aromatic heterocycles. The number of carbonyl (C=O) groups is 2. The summed E-state index contributed by atoms with van der Waals surface area (Å²) in [6.45, 7) is 3.19. The number of carbonyl (C=O) groups excluding carboxylic acids is 2. The molecule has 0 N–H and O–H groups in total. The van der Waals surface area contributed by atoms with Crippen LogP contribution in [0.4, 0.5) is 5.69 Å². The zero-order valence-corrected chi connectivity index (χ0v) is 10.9. The van der Waals surface area contributed by atoms with Crippen molar-refractivity contribution in [3.8, 4) is 5.75 Å². The van der Waals surface area contributed by atoms with Crippen molar-refractivity contribution in [2.45, 2.75) is 26.2 Å². The molecule has 1 heterocycles. The predicted octanol–water partition coefficient (Wildman–Crippen LogP) is 1.57. The third kappa shape index (κ3) is 2.93. The van der Waals surface area contributed by atoms with Crippen molar-refractivity contribution in [3.63, 3.8) is 0 Å². The summed E-state index contributed by atoms with van der Waals surface area (Å²) in [4.78, 5) is 37.1. The van der Waals surface area contributed by atoms with Gasteiger partial charge in [-0.15, -0.1) is 0 Å². The maximum absolute atomic E-state index is 11.7. The lowest BCUT2D eigenvalue weighted by atomic mass is 9.97. The van der Waals surface area contributed by atoms with E-state index in [2.05, 4.69) is 4.98 Å². The highest BCUT2D eigenvalue weighted by Gasteiger charge is 2.32. The van der Waals surface area contributed by atoms with Crippen LogP contribution in [0.25, 0.3) is 0 Å². The standard InChI is InChI=1S/C12H14N2O5/c1-4-9(16)8(6-15)11-12(14(17)18)10(19-3)5-7(2)13-11/h5-6,8H,4H2,1-3H3. The van der Waals surface area contributed by atoms with Crippen molar-refractivity contribution in [1.82, 2.24) is 4.98 Å². The van der Waals surface area contributed by atoms with Gasteiger partial charge in [0.1, 0.15) is 23.7 Å². The van der Waals surface area contributed by atoms with E-state index in [0.29, 0.717) is 12.0 Å². The Hall–Kier alpha value is -2.31. The van der Waals surface area contributed by atoms with E-state index in [-0.39, 0.29) is 17.9 Å². The zero-order chi connectivity index (χ0) is 14.6. The minimum Gasteiger partial charge on any atom is -0.490 e. The molecule has 0 aliphatic rings. The summed E-state index contributed by atoms with van der Waals surface area (Å²) in [5.41, 5.74) is -0.163. The summed E-state index contributed by atoms with van der Waals surface area (Å²) >= 11 is 0. The van der Waals surface area contributed by atoms with E-state index in [1.54, 1.807) is 13.8 Å². The molecule has 0 saturated heterocycles. The molecule has 0 fully saturated rings. The first kappa shape index (κ1) is 14.7. The summed E-state index contributed by atoms with van der Waals surface area (Å²) < 4.78 is 4.93. The SMILES string of the molecule is CCC(=O)C(C=O)c1nc(C)cc(OC)c1[N+](=O)[O-]. The first-order valence-electron chi connectivity index (χ1n) is 5.64. The number of pyridine rings is 1. The lowest BCUT2D eigenvalue weighted by Gasteiger charge is -2.11. The number of aryl methyl sites for hydroxylation is 1. The fraction of sp³-hybridized carbons (Fsp3) is 0.417. The topological polar surface area (TPSA) is 99.4 Å². The molecule has 0 bridgehead atoms. The molecule has 102 valence electrons. The largest absolute Gasteiger partial charge is 0.490 e. The third-order valence-electron chi connectivity index (χ3n) is 2.64. The van der Waals surface area contributed by atoms with Gasteiger partial charge in [-0.1, -0.05) is 6.92 Å². The van der Waals surface area contributed by atoms with Gasteiger partial charge in [-0.25, -0.2) is 4.98 Å². The second-order valence-electron chi connectivity index (χ2n) is 3.89. The maximum atomic E-state index is 11.7. The molecule has 1 rings (SSSR count). The molecule has 1 unspecified atom stereocenters. The van der Waals surface area contributed by atoms with Crippen LogP contribution in [0.5, 0.6) is 5.75 Å². The smallest absolute Gasteiger partial charge is 0.333 e. The number of ether oxygens (including phenoxy) is 1. The normalized spacial score (nSPS) is 11.7. The van der Waals surface area contributed by atoms with Crippen LogP contribution < -0.4 is 4.74 Å². The lowest BCUT2D eigenvalue weighted by Crippen LogP contribution is -2.17. The van der Waals surface area contributed by atoms with Crippen molar-refractivity contribution in [3.05, 3.63) is 27.6 Å². The molecule has 0 radical (unpaired) electrons. The number of nitrogens with zero attached hydrogens (tertiary/aromatic N) is 2. The van der Waals surface area contributed by atoms with E-state index in [4.69, 9.17) is 4.74 Å². The van der Waals surface area contributed by atoms with Crippen LogP contribution in [0.2, 0.25) is 0 Å². The monoisotopic (exact) mass is 266 g/mol. The number of aldehydes is 1. The average molecular weight is 266 g/mol. The van der Waals surface area contributed by atoms with Crippen LogP contribution in [-0.2, 0) is 9.59 Å². The molecule has 0 spiro atoms. The third-order valence-corrected chi connectivity index (χ3v) is 2.64. The number of rotatable bonds is 6. The molecule has 0 aliphatic heterocycles. The van der Waals surface area contributed by atoms with Crippen molar-refractivity contribution < 1.29 is 19.2 Å². The van der Waals surface area contributed by atoms with E-state index in [1.165, 1.54) is 13.2 Å². The van der Waals surface area contributed by atoms with Gasteiger partial charge >= 0.3 is 5.69 Å². The maximum Gasteiger partial charge on any atom is 0.333 e. The van der Waals surface area contributed by atoms with E-state index >= 15 is 0 Å². The average Bonchev–Trinajstić information content (AvgIpc) is 2.37. The molecule has 19 heavy (non-hydrogen) atoms. The second-order valence-corrected chi connectivity index (χ2v) is 3.89. The fourth-order valence-electron chi connectivity index (χ4n) is 1.73. The van der Waals surface area contributed by atoms with Crippen LogP contribution >= 0.6 is 0 Å². The van der Waals surface area contributed by atoms with Crippen molar-refractivity contribution >= 4 is 17.8 Å². The summed E-state index contributed by atoms with van der Waals surface area (Å²) in [5, 5.41) is 11.1. The van der Waals surface area contributed by atoms with E-state index in [1.807, 2.05) is 0 Å². The van der Waals surface area contributed by atoms with Gasteiger partial charge in [0.25, 0.3) is 0 Å². The molecule has 1 aromatic rings. The number of methoxy groups -OCH3 is 1. The molecular formula is C12H14N2O5. The fourth-order valence-corrected chi connectivity index (χ4v) is 1.73. The number of ketones is 1. The van der Waals surface area contributed by atoms with Gasteiger partial charge in [0.2, 0.25) is 5.75 Å². The Bertz CT molecular complexity index is 527. The second kappa shape index (κ2) is 6.03. The summed E-state index contributed by atoms with van der Waals surface area (Å²) in [7, 11) is 1.28. The highest BCUT2D eigenvalue weighted by molar-refractivity contribution is 5.99. The van der Waals surface area contributed by atoms with Crippen LogP contribution in [0, 0.1) is 17.0 Å². The molecule has 0 amide bonds. The van der Waals surface area contributed by atoms with Gasteiger partial charge in [0.15, 0.2) is 0 Å². The van der Waals surface area contributed by atoms with Crippen LogP contribution in [0.15, 0.2) is 6.07 Å². The zero-order valence-electron chi connectivity index (χ0n) is 10.9. The van der Waals surface area contributed by atoms with Crippen molar-refractivity contribution in [1.29, 1.82) is 0 Å². The van der Waals surface area contributed by atoms with Crippen LogP contribution in [-0.4, -0.2) is 29.1 Å². The number of nitro groups is 1. The van der Waals surface area contributed by atoms with Crippen LogP contribution in [0.3, 0.4) is 0 Å².